The van der Waals surface area contributed by atoms with E-state index < -0.39 is 0 Å². The van der Waals surface area contributed by atoms with E-state index in [1.54, 1.807) is 0 Å². The van der Waals surface area contributed by atoms with Gasteiger partial charge in [-0.3, -0.25) is 4.90 Å². The van der Waals surface area contributed by atoms with Crippen molar-refractivity contribution in [2.45, 2.75) is 11.8 Å². The molecule has 3 heteroatoms. The highest BCUT2D eigenvalue weighted by molar-refractivity contribution is 9.10. The van der Waals surface area contributed by atoms with Gasteiger partial charge in [0.05, 0.1) is 0 Å². The Balaban J connectivity index is 1.99. The highest BCUT2D eigenvalue weighted by Gasteiger charge is 2.22. The molecule has 1 nitrogen and oxygen atoms in total. The van der Waals surface area contributed by atoms with Crippen molar-refractivity contribution in [3.63, 3.8) is 0 Å². The summed E-state index contributed by atoms with van der Waals surface area (Å²) in [6.45, 7) is 10.9. The summed E-state index contributed by atoms with van der Waals surface area (Å²) in [5.41, 5.74) is 2.65. The Bertz CT molecular complexity index is 492. The van der Waals surface area contributed by atoms with Gasteiger partial charge in [-0.05, 0) is 23.3 Å². The van der Waals surface area contributed by atoms with Crippen LogP contribution in [0.2, 0.25) is 0 Å². The van der Waals surface area contributed by atoms with Gasteiger partial charge in [-0.15, -0.1) is 0 Å². The van der Waals surface area contributed by atoms with Gasteiger partial charge in [0.15, 0.2) is 0 Å². The van der Waals surface area contributed by atoms with Crippen LogP contribution in [0.5, 0.6) is 0 Å². The summed E-state index contributed by atoms with van der Waals surface area (Å²) in [4.78, 5) is 2.52. The molecule has 1 aromatic rings. The van der Waals surface area contributed by atoms with Crippen LogP contribution in [0.15, 0.2) is 65.7 Å². The summed E-state index contributed by atoms with van der Waals surface area (Å²) in [7, 11) is 0. The third-order valence-electron chi connectivity index (χ3n) is 3.39. The van der Waals surface area contributed by atoms with Gasteiger partial charge in [0.25, 0.3) is 0 Å². The van der Waals surface area contributed by atoms with Gasteiger partial charge in [0, 0.05) is 35.1 Å². The molecule has 0 N–H and O–H groups in total. The van der Waals surface area contributed by atoms with Crippen molar-refractivity contribution in [2.24, 2.45) is 0 Å². The Labute approximate surface area is 134 Å². The molecule has 0 saturated carbocycles. The lowest BCUT2D eigenvalue weighted by atomic mass is 10.1. The first kappa shape index (κ1) is 15.6. The summed E-state index contributed by atoms with van der Waals surface area (Å²) >= 11 is 5.50. The molecule has 0 aliphatic carbocycles. The largest absolute Gasteiger partial charge is 0.297 e. The molecule has 1 aromatic carbocycles. The van der Waals surface area contributed by atoms with Crippen LogP contribution in [0.25, 0.3) is 0 Å². The molecule has 1 aliphatic rings. The van der Waals surface area contributed by atoms with Crippen LogP contribution in [-0.4, -0.2) is 29.0 Å². The number of hydrogen-bond donors (Lipinski definition) is 0. The number of benzene rings is 1. The first-order valence-corrected chi connectivity index (χ1v) is 8.60. The fraction of sp³-hybridized carbons (Fsp3) is 0.294. The third-order valence-corrected chi connectivity index (χ3v) is 5.16. The summed E-state index contributed by atoms with van der Waals surface area (Å²) < 4.78 is 1.14. The van der Waals surface area contributed by atoms with E-state index in [9.17, 15) is 0 Å². The van der Waals surface area contributed by atoms with Gasteiger partial charge < -0.3 is 0 Å². The van der Waals surface area contributed by atoms with Gasteiger partial charge in [0.2, 0.25) is 0 Å². The van der Waals surface area contributed by atoms with E-state index >= 15 is 0 Å². The van der Waals surface area contributed by atoms with Crippen LogP contribution in [-0.2, 0) is 6.54 Å². The Morgan fingerprint density at radius 3 is 2.75 bits per heavy atom. The number of halogens is 1. The minimum atomic E-state index is 0.509. The smallest absolute Gasteiger partial charge is 0.0424 e. The van der Waals surface area contributed by atoms with E-state index in [1.807, 2.05) is 23.9 Å². The van der Waals surface area contributed by atoms with E-state index in [-0.39, 0.29) is 0 Å². The normalized spacial score (nSPS) is 20.6. The Hall–Kier alpha value is -0.770. The molecule has 1 fully saturated rings. The highest BCUT2D eigenvalue weighted by Crippen LogP contribution is 2.26. The topological polar surface area (TPSA) is 3.24 Å². The molecular formula is C17H20BrNS. The number of allylic oxidation sites excluding steroid dienone is 3. The maximum Gasteiger partial charge on any atom is 0.0424 e. The van der Waals surface area contributed by atoms with Gasteiger partial charge in [-0.2, -0.15) is 11.8 Å². The molecule has 0 aromatic heterocycles. The molecule has 1 atom stereocenters. The monoisotopic (exact) mass is 349 g/mol. The van der Waals surface area contributed by atoms with Crippen LogP contribution in [0.4, 0.5) is 0 Å². The standard InChI is InChI=1S/C17H20BrNS/c1-3-5-15(4-2)17-13-19(10-11-20-17)12-14-6-8-16(18)9-7-14/h3-9,17H,1-2,10-13H2/b15-5+. The van der Waals surface area contributed by atoms with Crippen LogP contribution in [0.3, 0.4) is 0 Å². The lowest BCUT2D eigenvalue weighted by molar-refractivity contribution is 0.282. The number of hydrogen-bond acceptors (Lipinski definition) is 2. The predicted molar refractivity (Wildman–Crippen MR) is 94.1 cm³/mol. The molecule has 2 rings (SSSR count). The molecule has 0 radical (unpaired) electrons. The van der Waals surface area contributed by atoms with Gasteiger partial charge >= 0.3 is 0 Å². The minimum Gasteiger partial charge on any atom is -0.297 e. The lowest BCUT2D eigenvalue weighted by Crippen LogP contribution is -2.37. The summed E-state index contributed by atoms with van der Waals surface area (Å²) in [6.07, 6.45) is 5.89. The molecule has 106 valence electrons. The second-order valence-electron chi connectivity index (χ2n) is 4.83. The predicted octanol–water partition coefficient (Wildman–Crippen LogP) is 4.66. The van der Waals surface area contributed by atoms with Crippen molar-refractivity contribution >= 4 is 27.7 Å². The highest BCUT2D eigenvalue weighted by atomic mass is 79.9. The van der Waals surface area contributed by atoms with E-state index in [0.717, 1.165) is 24.1 Å². The number of thioether (sulfide) groups is 1. The van der Waals surface area contributed by atoms with Gasteiger partial charge in [-0.1, -0.05) is 59.4 Å². The Morgan fingerprint density at radius 1 is 1.35 bits per heavy atom. The van der Waals surface area contributed by atoms with Crippen LogP contribution in [0.1, 0.15) is 5.56 Å². The summed E-state index contributed by atoms with van der Waals surface area (Å²) in [6, 6.07) is 8.60. The first-order valence-electron chi connectivity index (χ1n) is 6.76. The van der Waals surface area contributed by atoms with Crippen LogP contribution in [0, 0.1) is 0 Å². The molecule has 20 heavy (non-hydrogen) atoms. The summed E-state index contributed by atoms with van der Waals surface area (Å²) in [5.74, 6) is 1.17. The van der Waals surface area contributed by atoms with Crippen molar-refractivity contribution in [1.29, 1.82) is 0 Å². The maximum atomic E-state index is 3.92. The first-order chi connectivity index (χ1) is 9.72. The van der Waals surface area contributed by atoms with Crippen molar-refractivity contribution in [1.82, 2.24) is 4.90 Å². The average Bonchev–Trinajstić information content (AvgIpc) is 2.47. The van der Waals surface area contributed by atoms with E-state index in [2.05, 4.69) is 64.3 Å². The molecule has 0 amide bonds. The molecular weight excluding hydrogens is 330 g/mol. The zero-order chi connectivity index (χ0) is 14.4. The van der Waals surface area contributed by atoms with E-state index in [0.29, 0.717) is 5.25 Å². The average molecular weight is 350 g/mol. The van der Waals surface area contributed by atoms with E-state index in [1.165, 1.54) is 16.9 Å². The second kappa shape index (κ2) is 7.87. The molecule has 1 aliphatic heterocycles. The van der Waals surface area contributed by atoms with Gasteiger partial charge in [-0.25, -0.2) is 0 Å². The summed E-state index contributed by atoms with van der Waals surface area (Å²) in [5, 5.41) is 0.509. The number of nitrogens with zero attached hydrogens (tertiary/aromatic N) is 1. The Morgan fingerprint density at radius 2 is 2.10 bits per heavy atom. The van der Waals surface area contributed by atoms with Gasteiger partial charge in [0.1, 0.15) is 0 Å². The molecule has 0 bridgehead atoms. The molecule has 0 spiro atoms. The van der Waals surface area contributed by atoms with E-state index in [4.69, 9.17) is 0 Å². The van der Waals surface area contributed by atoms with Crippen molar-refractivity contribution in [2.75, 3.05) is 18.8 Å². The maximum absolute atomic E-state index is 3.92. The zero-order valence-corrected chi connectivity index (χ0v) is 14.0. The molecule has 1 heterocycles. The minimum absolute atomic E-state index is 0.509. The third kappa shape index (κ3) is 4.37. The molecule has 1 unspecified atom stereocenters. The van der Waals surface area contributed by atoms with Crippen molar-refractivity contribution in [3.05, 3.63) is 71.3 Å². The number of rotatable bonds is 5. The van der Waals surface area contributed by atoms with Crippen LogP contribution >= 0.6 is 27.7 Å². The van der Waals surface area contributed by atoms with Crippen molar-refractivity contribution in [3.8, 4) is 0 Å². The fourth-order valence-electron chi connectivity index (χ4n) is 2.34. The van der Waals surface area contributed by atoms with Crippen molar-refractivity contribution < 1.29 is 0 Å². The zero-order valence-electron chi connectivity index (χ0n) is 11.6. The second-order valence-corrected chi connectivity index (χ2v) is 7.05. The quantitative estimate of drug-likeness (QED) is 0.711. The fourth-order valence-corrected chi connectivity index (χ4v) is 3.93. The SMILES string of the molecule is C=C/C=C(\C=C)C1CN(Cc2ccc(Br)cc2)CCS1. The van der Waals surface area contributed by atoms with Crippen LogP contribution < -0.4 is 0 Å². The Kier molecular flexibility index (Phi) is 6.14. The lowest BCUT2D eigenvalue weighted by Gasteiger charge is -2.33. The molecule has 1 saturated heterocycles.